The number of rotatable bonds is 5. The van der Waals surface area contributed by atoms with Crippen molar-refractivity contribution in [3.63, 3.8) is 0 Å². The predicted molar refractivity (Wildman–Crippen MR) is 131 cm³/mol. The molecule has 4 rings (SSSR count). The second-order valence-corrected chi connectivity index (χ2v) is 9.10. The Kier molecular flexibility index (Phi) is 6.56. The molecule has 174 valence electrons. The molecule has 0 saturated heterocycles. The zero-order valence-corrected chi connectivity index (χ0v) is 20.1. The van der Waals surface area contributed by atoms with E-state index in [9.17, 15) is 9.59 Å². The molecular formula is C25H29N3O4S. The summed E-state index contributed by atoms with van der Waals surface area (Å²) in [6.45, 7) is 4.44. The molecule has 0 bridgehead atoms. The van der Waals surface area contributed by atoms with Gasteiger partial charge in [0, 0.05) is 17.7 Å². The first-order valence-electron chi connectivity index (χ1n) is 11.2. The van der Waals surface area contributed by atoms with E-state index in [1.54, 1.807) is 43.5 Å². The highest BCUT2D eigenvalue weighted by Gasteiger charge is 2.28. The fraction of sp³-hybridized carbons (Fsp3) is 0.400. The number of H-pyrrole nitrogens is 1. The summed E-state index contributed by atoms with van der Waals surface area (Å²) in [5.41, 5.74) is 1.31. The summed E-state index contributed by atoms with van der Waals surface area (Å²) in [5.74, 6) is 1.94. The van der Waals surface area contributed by atoms with Gasteiger partial charge in [-0.05, 0) is 60.8 Å². The van der Waals surface area contributed by atoms with Crippen LogP contribution < -0.4 is 20.3 Å². The first-order valence-corrected chi connectivity index (χ1v) is 11.6. The van der Waals surface area contributed by atoms with E-state index in [1.807, 2.05) is 0 Å². The number of carbonyl (C=O) groups is 1. The summed E-state index contributed by atoms with van der Waals surface area (Å²) < 4.78 is 12.3. The maximum atomic E-state index is 13.3. The van der Waals surface area contributed by atoms with Crippen molar-refractivity contribution in [2.75, 3.05) is 14.2 Å². The summed E-state index contributed by atoms with van der Waals surface area (Å²) >= 11 is 5.49. The largest absolute Gasteiger partial charge is 0.493 e. The number of hydrogen-bond donors (Lipinski definition) is 2. The lowest BCUT2D eigenvalue weighted by molar-refractivity contribution is 0.0891. The minimum Gasteiger partial charge on any atom is -0.493 e. The molecule has 3 aromatic rings. The fourth-order valence-corrected chi connectivity index (χ4v) is 4.89. The molecule has 8 heteroatoms. The number of nitrogens with one attached hydrogen (secondary N) is 2. The topological polar surface area (TPSA) is 85.4 Å². The molecule has 0 radical (unpaired) electrons. The Bertz CT molecular complexity index is 1310. The third-order valence-corrected chi connectivity index (χ3v) is 7.09. The van der Waals surface area contributed by atoms with Crippen molar-refractivity contribution in [1.82, 2.24) is 14.9 Å². The van der Waals surface area contributed by atoms with Crippen molar-refractivity contribution < 1.29 is 14.3 Å². The van der Waals surface area contributed by atoms with Gasteiger partial charge in [-0.3, -0.25) is 14.2 Å². The molecule has 0 unspecified atom stereocenters. The lowest BCUT2D eigenvalue weighted by Gasteiger charge is -2.34. The van der Waals surface area contributed by atoms with Gasteiger partial charge in [0.05, 0.1) is 30.8 Å². The molecule has 0 aliphatic heterocycles. The molecule has 1 aliphatic rings. The lowest BCUT2D eigenvalue weighted by Crippen LogP contribution is -2.43. The number of aromatic amines is 1. The van der Waals surface area contributed by atoms with Crippen LogP contribution in [0.15, 0.2) is 41.2 Å². The second kappa shape index (κ2) is 9.39. The Morgan fingerprint density at radius 3 is 2.58 bits per heavy atom. The maximum absolute atomic E-state index is 13.3. The van der Waals surface area contributed by atoms with Gasteiger partial charge in [0.25, 0.3) is 11.5 Å². The zero-order valence-electron chi connectivity index (χ0n) is 19.3. The molecule has 0 spiro atoms. The molecule has 7 nitrogen and oxygen atoms in total. The van der Waals surface area contributed by atoms with Crippen LogP contribution in [0.3, 0.4) is 0 Å². The van der Waals surface area contributed by atoms with Crippen LogP contribution in [0.5, 0.6) is 11.5 Å². The van der Waals surface area contributed by atoms with Crippen molar-refractivity contribution in [1.29, 1.82) is 0 Å². The van der Waals surface area contributed by atoms with E-state index in [2.05, 4.69) is 24.1 Å². The third-order valence-electron chi connectivity index (χ3n) is 6.81. The highest BCUT2D eigenvalue weighted by Crippen LogP contribution is 2.30. The number of amides is 1. The van der Waals surface area contributed by atoms with Gasteiger partial charge in [-0.25, -0.2) is 0 Å². The van der Waals surface area contributed by atoms with Gasteiger partial charge in [-0.15, -0.1) is 0 Å². The number of methoxy groups -OCH3 is 2. The van der Waals surface area contributed by atoms with Gasteiger partial charge >= 0.3 is 0 Å². The Balaban J connectivity index is 1.69. The molecule has 1 aromatic heterocycles. The van der Waals surface area contributed by atoms with Crippen LogP contribution in [0.1, 0.15) is 43.5 Å². The molecule has 2 N–H and O–H groups in total. The van der Waals surface area contributed by atoms with Gasteiger partial charge < -0.3 is 19.8 Å². The lowest BCUT2D eigenvalue weighted by atomic mass is 9.78. The van der Waals surface area contributed by atoms with Crippen LogP contribution in [0.25, 0.3) is 16.6 Å². The maximum Gasteiger partial charge on any atom is 0.266 e. The molecule has 33 heavy (non-hydrogen) atoms. The SMILES string of the molecule is COc1ccc(-n2c(=S)[nH]c3cc(C(=O)N[C@@H]4CCC[C@H](C)[C@@H]4C)ccc3c2=O)cc1OC. The number of fused-ring (bicyclic) bond motifs is 1. The van der Waals surface area contributed by atoms with E-state index in [1.165, 1.54) is 18.1 Å². The van der Waals surface area contributed by atoms with Gasteiger partial charge in [0.1, 0.15) is 0 Å². The van der Waals surface area contributed by atoms with E-state index in [0.717, 1.165) is 12.8 Å². The number of carbonyl (C=O) groups excluding carboxylic acids is 1. The van der Waals surface area contributed by atoms with Crippen molar-refractivity contribution in [2.24, 2.45) is 11.8 Å². The van der Waals surface area contributed by atoms with E-state index < -0.39 is 0 Å². The van der Waals surface area contributed by atoms with Crippen molar-refractivity contribution in [3.8, 4) is 17.2 Å². The normalized spacial score (nSPS) is 20.4. The van der Waals surface area contributed by atoms with Crippen LogP contribution in [0.4, 0.5) is 0 Å². The molecule has 2 aromatic carbocycles. The quantitative estimate of drug-likeness (QED) is 0.535. The van der Waals surface area contributed by atoms with Gasteiger partial charge in [-0.2, -0.15) is 0 Å². The second-order valence-electron chi connectivity index (χ2n) is 8.72. The van der Waals surface area contributed by atoms with E-state index in [0.29, 0.717) is 45.5 Å². The molecule has 1 aliphatic carbocycles. The van der Waals surface area contributed by atoms with Crippen LogP contribution in [0, 0.1) is 16.6 Å². The summed E-state index contributed by atoms with van der Waals surface area (Å²) in [7, 11) is 3.09. The monoisotopic (exact) mass is 467 g/mol. The van der Waals surface area contributed by atoms with Crippen LogP contribution in [-0.2, 0) is 0 Å². The third kappa shape index (κ3) is 4.39. The summed E-state index contributed by atoms with van der Waals surface area (Å²) in [4.78, 5) is 29.3. The average Bonchev–Trinajstić information content (AvgIpc) is 2.81. The average molecular weight is 468 g/mol. The van der Waals surface area contributed by atoms with Gasteiger partial charge in [0.2, 0.25) is 0 Å². The molecule has 1 saturated carbocycles. The van der Waals surface area contributed by atoms with Crippen molar-refractivity contribution >= 4 is 29.0 Å². The van der Waals surface area contributed by atoms with Gasteiger partial charge in [-0.1, -0.05) is 26.7 Å². The summed E-state index contributed by atoms with van der Waals surface area (Å²) in [5, 5.41) is 3.62. The Morgan fingerprint density at radius 2 is 1.85 bits per heavy atom. The predicted octanol–water partition coefficient (Wildman–Crippen LogP) is 4.62. The zero-order chi connectivity index (χ0) is 23.7. The first-order chi connectivity index (χ1) is 15.8. The summed E-state index contributed by atoms with van der Waals surface area (Å²) in [6.07, 6.45) is 3.31. The van der Waals surface area contributed by atoms with Crippen LogP contribution in [-0.4, -0.2) is 35.7 Å². The highest BCUT2D eigenvalue weighted by molar-refractivity contribution is 7.71. The van der Waals surface area contributed by atoms with E-state index in [4.69, 9.17) is 21.7 Å². The minimum atomic E-state index is -0.275. The molecule has 3 atom stereocenters. The minimum absolute atomic E-state index is 0.133. The standard InChI is InChI=1S/C25H29N3O4S/c1-14-6-5-7-19(15(14)2)26-23(29)16-8-10-18-20(12-16)27-25(33)28(24(18)30)17-9-11-21(31-3)22(13-17)32-4/h8-15,19H,5-7H2,1-4H3,(H,26,29)(H,27,33)/t14-,15-,19+/m0/s1. The Morgan fingerprint density at radius 1 is 1.09 bits per heavy atom. The van der Waals surface area contributed by atoms with Crippen molar-refractivity contribution in [3.05, 3.63) is 57.1 Å². The Labute approximate surface area is 197 Å². The number of nitrogens with zero attached hydrogens (tertiary/aromatic N) is 1. The smallest absolute Gasteiger partial charge is 0.266 e. The molecule has 1 amide bonds. The van der Waals surface area contributed by atoms with Gasteiger partial charge in [0.15, 0.2) is 16.3 Å². The van der Waals surface area contributed by atoms with Crippen LogP contribution in [0.2, 0.25) is 0 Å². The number of hydrogen-bond acceptors (Lipinski definition) is 5. The molecular weight excluding hydrogens is 438 g/mol. The fourth-order valence-electron chi connectivity index (χ4n) is 4.60. The number of ether oxygens (including phenoxy) is 2. The van der Waals surface area contributed by atoms with Crippen molar-refractivity contribution in [2.45, 2.75) is 39.2 Å². The summed E-state index contributed by atoms with van der Waals surface area (Å²) in [6, 6.07) is 10.4. The number of aromatic nitrogens is 2. The highest BCUT2D eigenvalue weighted by atomic mass is 32.1. The molecule has 1 heterocycles. The first kappa shape index (κ1) is 23.0. The molecule has 1 fully saturated rings. The van der Waals surface area contributed by atoms with E-state index in [-0.39, 0.29) is 22.3 Å². The van der Waals surface area contributed by atoms with E-state index >= 15 is 0 Å². The van der Waals surface area contributed by atoms with Crippen LogP contribution >= 0.6 is 12.2 Å². The number of benzene rings is 2. The Hall–Kier alpha value is -3.13.